The van der Waals surface area contributed by atoms with E-state index in [9.17, 15) is 4.79 Å². The Morgan fingerprint density at radius 2 is 2.40 bits per heavy atom. The minimum atomic E-state index is -1.00. The van der Waals surface area contributed by atoms with Crippen molar-refractivity contribution in [2.45, 2.75) is 12.5 Å². The molecule has 1 atom stereocenters. The summed E-state index contributed by atoms with van der Waals surface area (Å²) in [6.07, 6.45) is -0.224. The number of hydrogen-bond donors (Lipinski definition) is 2. The molecule has 0 aliphatic carbocycles. The highest BCUT2D eigenvalue weighted by molar-refractivity contribution is 6.29. The molecule has 1 rings (SSSR count). The minimum Gasteiger partial charge on any atom is -0.481 e. The molecule has 6 nitrogen and oxygen atoms in total. The number of rotatable bonds is 4. The number of ether oxygens (including phenoxy) is 1. The van der Waals surface area contributed by atoms with E-state index in [0.29, 0.717) is 5.56 Å². The molecule has 1 aromatic heterocycles. The van der Waals surface area contributed by atoms with Crippen molar-refractivity contribution in [2.75, 3.05) is 7.11 Å². The summed E-state index contributed by atoms with van der Waals surface area (Å²) in [6, 6.07) is 0.728. The van der Waals surface area contributed by atoms with Crippen molar-refractivity contribution in [3.8, 4) is 5.88 Å². The van der Waals surface area contributed by atoms with Crippen LogP contribution in [0.15, 0.2) is 6.07 Å². The molecule has 1 aromatic rings. The lowest BCUT2D eigenvalue weighted by molar-refractivity contribution is -0.137. The number of methoxy groups -OCH3 is 1. The second-order valence-electron chi connectivity index (χ2n) is 2.84. The lowest BCUT2D eigenvalue weighted by Crippen LogP contribution is -2.16. The van der Waals surface area contributed by atoms with Gasteiger partial charge in [-0.15, -0.1) is 10.2 Å². The van der Waals surface area contributed by atoms with Crippen LogP contribution >= 0.6 is 11.6 Å². The highest BCUT2D eigenvalue weighted by Gasteiger charge is 2.17. The van der Waals surface area contributed by atoms with E-state index in [-0.39, 0.29) is 17.5 Å². The van der Waals surface area contributed by atoms with Crippen molar-refractivity contribution in [1.29, 1.82) is 0 Å². The van der Waals surface area contributed by atoms with Crippen LogP contribution in [-0.2, 0) is 4.79 Å². The normalized spacial score (nSPS) is 12.2. The van der Waals surface area contributed by atoms with Crippen molar-refractivity contribution < 1.29 is 14.6 Å². The first kappa shape index (κ1) is 11.7. The predicted octanol–water partition coefficient (Wildman–Crippen LogP) is 0.613. The number of nitrogens with two attached hydrogens (primary N) is 1. The van der Waals surface area contributed by atoms with Crippen molar-refractivity contribution >= 4 is 17.6 Å². The van der Waals surface area contributed by atoms with Crippen LogP contribution in [0, 0.1) is 0 Å². The van der Waals surface area contributed by atoms with Crippen LogP contribution in [0.25, 0.3) is 0 Å². The zero-order valence-electron chi connectivity index (χ0n) is 7.98. The summed E-state index contributed by atoms with van der Waals surface area (Å²) in [7, 11) is 1.40. The van der Waals surface area contributed by atoms with E-state index in [1.807, 2.05) is 0 Å². The quantitative estimate of drug-likeness (QED) is 0.788. The fourth-order valence-corrected chi connectivity index (χ4v) is 1.25. The van der Waals surface area contributed by atoms with Gasteiger partial charge >= 0.3 is 5.97 Å². The van der Waals surface area contributed by atoms with Gasteiger partial charge in [-0.1, -0.05) is 11.6 Å². The standard InChI is InChI=1S/C8H10ClN3O3/c1-15-8-4(2-6(9)11-12-8)5(10)3-7(13)14/h2,5H,3,10H2,1H3,(H,13,14). The van der Waals surface area contributed by atoms with E-state index < -0.39 is 12.0 Å². The molecule has 1 heterocycles. The Hall–Kier alpha value is -1.40. The molecule has 0 aliphatic rings. The Morgan fingerprint density at radius 1 is 1.73 bits per heavy atom. The summed E-state index contributed by atoms with van der Waals surface area (Å²) in [5.74, 6) is -0.814. The Morgan fingerprint density at radius 3 is 2.93 bits per heavy atom. The zero-order chi connectivity index (χ0) is 11.4. The van der Waals surface area contributed by atoms with Gasteiger partial charge in [0.2, 0.25) is 5.88 Å². The Kier molecular flexibility index (Phi) is 3.81. The third kappa shape index (κ3) is 3.03. The second kappa shape index (κ2) is 4.90. The van der Waals surface area contributed by atoms with Gasteiger partial charge in [-0.25, -0.2) is 0 Å². The molecule has 0 saturated carbocycles. The first-order valence-electron chi connectivity index (χ1n) is 4.09. The predicted molar refractivity (Wildman–Crippen MR) is 52.8 cm³/mol. The van der Waals surface area contributed by atoms with Crippen LogP contribution in [0.2, 0.25) is 5.15 Å². The number of carbonyl (C=O) groups is 1. The molecule has 0 spiro atoms. The van der Waals surface area contributed by atoms with E-state index in [4.69, 9.17) is 27.2 Å². The summed E-state index contributed by atoms with van der Waals surface area (Å²) < 4.78 is 4.90. The lowest BCUT2D eigenvalue weighted by Gasteiger charge is -2.12. The second-order valence-corrected chi connectivity index (χ2v) is 3.22. The molecule has 82 valence electrons. The van der Waals surface area contributed by atoms with Crippen LogP contribution in [-0.4, -0.2) is 28.4 Å². The number of carboxylic acids is 1. The molecule has 3 N–H and O–H groups in total. The van der Waals surface area contributed by atoms with Gasteiger partial charge in [0.1, 0.15) is 0 Å². The number of carboxylic acid groups (broad SMARTS) is 1. The maximum atomic E-state index is 10.5. The number of hydrogen-bond acceptors (Lipinski definition) is 5. The number of aromatic nitrogens is 2. The average Bonchev–Trinajstić information content (AvgIpc) is 2.16. The van der Waals surface area contributed by atoms with Crippen molar-refractivity contribution in [2.24, 2.45) is 5.73 Å². The van der Waals surface area contributed by atoms with Crippen molar-refractivity contribution in [3.05, 3.63) is 16.8 Å². The van der Waals surface area contributed by atoms with E-state index in [1.165, 1.54) is 13.2 Å². The maximum Gasteiger partial charge on any atom is 0.305 e. The summed E-state index contributed by atoms with van der Waals surface area (Å²) in [4.78, 5) is 10.5. The Bertz CT molecular complexity index is 372. The summed E-state index contributed by atoms with van der Waals surface area (Å²) in [5.41, 5.74) is 6.08. The summed E-state index contributed by atoms with van der Waals surface area (Å²) >= 11 is 5.62. The molecule has 0 aliphatic heterocycles. The van der Waals surface area contributed by atoms with Gasteiger partial charge in [-0.3, -0.25) is 4.79 Å². The fourth-order valence-electron chi connectivity index (χ4n) is 1.09. The Labute approximate surface area is 91.0 Å². The van der Waals surface area contributed by atoms with Crippen LogP contribution in [0.3, 0.4) is 0 Å². The van der Waals surface area contributed by atoms with Gasteiger partial charge in [-0.2, -0.15) is 0 Å². The van der Waals surface area contributed by atoms with Crippen molar-refractivity contribution in [1.82, 2.24) is 10.2 Å². The van der Waals surface area contributed by atoms with Gasteiger partial charge in [-0.05, 0) is 6.07 Å². The van der Waals surface area contributed by atoms with Gasteiger partial charge in [0.25, 0.3) is 0 Å². The van der Waals surface area contributed by atoms with E-state index >= 15 is 0 Å². The molecule has 0 fully saturated rings. The fraction of sp³-hybridized carbons (Fsp3) is 0.375. The highest BCUT2D eigenvalue weighted by atomic mass is 35.5. The molecule has 0 amide bonds. The van der Waals surface area contributed by atoms with E-state index in [0.717, 1.165) is 0 Å². The lowest BCUT2D eigenvalue weighted by atomic mass is 10.1. The smallest absolute Gasteiger partial charge is 0.305 e. The van der Waals surface area contributed by atoms with Gasteiger partial charge in [0.15, 0.2) is 5.15 Å². The minimum absolute atomic E-state index is 0.145. The molecule has 15 heavy (non-hydrogen) atoms. The van der Waals surface area contributed by atoms with Crippen LogP contribution in [0.1, 0.15) is 18.0 Å². The van der Waals surface area contributed by atoms with Gasteiger partial charge < -0.3 is 15.6 Å². The summed E-state index contributed by atoms with van der Waals surface area (Å²) in [5, 5.41) is 15.9. The zero-order valence-corrected chi connectivity index (χ0v) is 8.73. The molecule has 0 bridgehead atoms. The monoisotopic (exact) mass is 231 g/mol. The van der Waals surface area contributed by atoms with E-state index in [1.54, 1.807) is 0 Å². The third-order valence-electron chi connectivity index (χ3n) is 1.75. The maximum absolute atomic E-state index is 10.5. The van der Waals surface area contributed by atoms with E-state index in [2.05, 4.69) is 10.2 Å². The van der Waals surface area contributed by atoms with Crippen LogP contribution in [0.5, 0.6) is 5.88 Å². The molecule has 0 saturated heterocycles. The SMILES string of the molecule is COc1nnc(Cl)cc1C(N)CC(=O)O. The Balaban J connectivity index is 2.99. The molecule has 0 aromatic carbocycles. The molecule has 0 radical (unpaired) electrons. The first-order chi connectivity index (χ1) is 7.04. The number of nitrogens with zero attached hydrogens (tertiary/aromatic N) is 2. The number of halogens is 1. The summed E-state index contributed by atoms with van der Waals surface area (Å²) in [6.45, 7) is 0. The largest absolute Gasteiger partial charge is 0.481 e. The number of aliphatic carboxylic acids is 1. The van der Waals surface area contributed by atoms with Gasteiger partial charge in [0.05, 0.1) is 13.5 Å². The van der Waals surface area contributed by atoms with Crippen LogP contribution in [0.4, 0.5) is 0 Å². The van der Waals surface area contributed by atoms with Gasteiger partial charge in [0, 0.05) is 11.6 Å². The molecule has 1 unspecified atom stereocenters. The third-order valence-corrected chi connectivity index (χ3v) is 1.93. The highest BCUT2D eigenvalue weighted by Crippen LogP contribution is 2.24. The molecular weight excluding hydrogens is 222 g/mol. The molecule has 7 heteroatoms. The van der Waals surface area contributed by atoms with Crippen LogP contribution < -0.4 is 10.5 Å². The average molecular weight is 232 g/mol. The molecular formula is C8H10ClN3O3. The first-order valence-corrected chi connectivity index (χ1v) is 4.47. The van der Waals surface area contributed by atoms with Crippen molar-refractivity contribution in [3.63, 3.8) is 0 Å². The topological polar surface area (TPSA) is 98.3 Å².